The summed E-state index contributed by atoms with van der Waals surface area (Å²) in [6, 6.07) is 15.7. The lowest BCUT2D eigenvalue weighted by atomic mass is 10.1. The standard InChI is InChI=1S/C26H23N3O4S/c30-23(28-12-9-22-19(16-28)10-13-34-22)8-11-27-24(31)18-5-3-4-17(14-18)15-29-25(32)20-6-1-2-7-21(20)26(29)33/h1-7,10,13-14H,8-9,11-12,15-16H2,(H,27,31). The van der Waals surface area contributed by atoms with E-state index < -0.39 is 0 Å². The van der Waals surface area contributed by atoms with E-state index in [0.29, 0.717) is 35.3 Å². The number of rotatable bonds is 6. The fourth-order valence-electron chi connectivity index (χ4n) is 4.38. The highest BCUT2D eigenvalue weighted by atomic mass is 32.1. The van der Waals surface area contributed by atoms with Crippen LogP contribution in [0.4, 0.5) is 0 Å². The second-order valence-electron chi connectivity index (χ2n) is 8.38. The minimum absolute atomic E-state index is 0.0246. The van der Waals surface area contributed by atoms with Gasteiger partial charge in [-0.25, -0.2) is 0 Å². The molecule has 3 aromatic rings. The van der Waals surface area contributed by atoms with Crippen LogP contribution >= 0.6 is 11.3 Å². The van der Waals surface area contributed by atoms with Gasteiger partial charge in [-0.1, -0.05) is 24.3 Å². The van der Waals surface area contributed by atoms with E-state index in [1.165, 1.54) is 15.3 Å². The highest BCUT2D eigenvalue weighted by Crippen LogP contribution is 2.25. The van der Waals surface area contributed by atoms with Crippen LogP contribution in [-0.2, 0) is 24.3 Å². The molecular formula is C26H23N3O4S. The van der Waals surface area contributed by atoms with Crippen LogP contribution in [0.15, 0.2) is 60.0 Å². The Morgan fingerprint density at radius 2 is 1.74 bits per heavy atom. The molecule has 34 heavy (non-hydrogen) atoms. The molecule has 0 saturated carbocycles. The molecule has 2 aromatic carbocycles. The Balaban J connectivity index is 1.16. The number of carbonyl (C=O) groups excluding carboxylic acids is 4. The maximum absolute atomic E-state index is 12.6. The van der Waals surface area contributed by atoms with Gasteiger partial charge < -0.3 is 10.2 Å². The van der Waals surface area contributed by atoms with Crippen molar-refractivity contribution >= 4 is 35.0 Å². The van der Waals surface area contributed by atoms with Crippen molar-refractivity contribution in [2.45, 2.75) is 25.9 Å². The van der Waals surface area contributed by atoms with Crippen LogP contribution in [-0.4, -0.2) is 46.5 Å². The molecule has 0 atom stereocenters. The summed E-state index contributed by atoms with van der Waals surface area (Å²) in [5, 5.41) is 4.86. The molecule has 5 rings (SSSR count). The first-order valence-corrected chi connectivity index (χ1v) is 12.0. The zero-order chi connectivity index (χ0) is 23.7. The molecule has 0 fully saturated rings. The molecule has 2 aliphatic heterocycles. The van der Waals surface area contributed by atoms with Crippen molar-refractivity contribution in [2.24, 2.45) is 0 Å². The van der Waals surface area contributed by atoms with Gasteiger partial charge in [-0.2, -0.15) is 0 Å². The number of benzene rings is 2. The molecule has 1 aromatic heterocycles. The third kappa shape index (κ3) is 4.24. The number of carbonyl (C=O) groups is 4. The van der Waals surface area contributed by atoms with E-state index in [9.17, 15) is 19.2 Å². The average molecular weight is 474 g/mol. The van der Waals surface area contributed by atoms with Gasteiger partial charge in [-0.15, -0.1) is 11.3 Å². The van der Waals surface area contributed by atoms with Gasteiger partial charge in [0.2, 0.25) is 5.91 Å². The van der Waals surface area contributed by atoms with Gasteiger partial charge in [-0.05, 0) is 53.3 Å². The third-order valence-electron chi connectivity index (χ3n) is 6.19. The van der Waals surface area contributed by atoms with Crippen molar-refractivity contribution in [3.63, 3.8) is 0 Å². The monoisotopic (exact) mass is 473 g/mol. The van der Waals surface area contributed by atoms with Gasteiger partial charge in [0.15, 0.2) is 0 Å². The predicted octanol–water partition coefficient (Wildman–Crippen LogP) is 3.25. The highest BCUT2D eigenvalue weighted by molar-refractivity contribution is 7.10. The summed E-state index contributed by atoms with van der Waals surface area (Å²) >= 11 is 1.73. The second kappa shape index (κ2) is 9.23. The predicted molar refractivity (Wildman–Crippen MR) is 127 cm³/mol. The first-order valence-electron chi connectivity index (χ1n) is 11.2. The summed E-state index contributed by atoms with van der Waals surface area (Å²) < 4.78 is 0. The van der Waals surface area contributed by atoms with Crippen LogP contribution in [0.3, 0.4) is 0 Å². The normalized spacial score (nSPS) is 14.7. The molecule has 0 aliphatic carbocycles. The molecule has 0 radical (unpaired) electrons. The number of hydrogen-bond acceptors (Lipinski definition) is 5. The largest absolute Gasteiger partial charge is 0.352 e. The van der Waals surface area contributed by atoms with E-state index in [-0.39, 0.29) is 43.1 Å². The van der Waals surface area contributed by atoms with Gasteiger partial charge >= 0.3 is 0 Å². The number of amides is 4. The molecule has 2 aliphatic rings. The van der Waals surface area contributed by atoms with Gasteiger partial charge in [0.25, 0.3) is 17.7 Å². The molecule has 0 unspecified atom stereocenters. The zero-order valence-electron chi connectivity index (χ0n) is 18.5. The van der Waals surface area contributed by atoms with Crippen molar-refractivity contribution in [2.75, 3.05) is 13.1 Å². The number of nitrogens with one attached hydrogen (secondary N) is 1. The Morgan fingerprint density at radius 1 is 0.971 bits per heavy atom. The van der Waals surface area contributed by atoms with Crippen molar-refractivity contribution in [3.8, 4) is 0 Å². The Labute approximate surface area is 201 Å². The number of fused-ring (bicyclic) bond motifs is 2. The summed E-state index contributed by atoms with van der Waals surface area (Å²) in [6.07, 6.45) is 1.12. The van der Waals surface area contributed by atoms with Crippen molar-refractivity contribution in [1.29, 1.82) is 0 Å². The molecule has 3 heterocycles. The van der Waals surface area contributed by atoms with E-state index in [2.05, 4.69) is 16.8 Å². The summed E-state index contributed by atoms with van der Waals surface area (Å²) in [5.74, 6) is -0.935. The first kappa shape index (κ1) is 22.0. The van der Waals surface area contributed by atoms with E-state index in [1.54, 1.807) is 59.9 Å². The molecule has 0 saturated heterocycles. The van der Waals surface area contributed by atoms with E-state index in [4.69, 9.17) is 0 Å². The van der Waals surface area contributed by atoms with Gasteiger partial charge in [0.05, 0.1) is 17.7 Å². The average Bonchev–Trinajstić information content (AvgIpc) is 3.42. The minimum Gasteiger partial charge on any atom is -0.352 e. The number of nitrogens with zero attached hydrogens (tertiary/aromatic N) is 2. The number of imide groups is 1. The molecule has 172 valence electrons. The van der Waals surface area contributed by atoms with Crippen LogP contribution in [0.1, 0.15) is 53.5 Å². The Kier molecular flexibility index (Phi) is 5.98. The minimum atomic E-state index is -0.332. The van der Waals surface area contributed by atoms with E-state index in [0.717, 1.165) is 6.42 Å². The fourth-order valence-corrected chi connectivity index (χ4v) is 5.27. The first-order chi connectivity index (χ1) is 16.5. The second-order valence-corrected chi connectivity index (χ2v) is 9.38. The lowest BCUT2D eigenvalue weighted by Crippen LogP contribution is -2.37. The van der Waals surface area contributed by atoms with Crippen LogP contribution in [0.25, 0.3) is 0 Å². The molecule has 4 amide bonds. The van der Waals surface area contributed by atoms with Crippen molar-refractivity contribution in [1.82, 2.24) is 15.1 Å². The number of thiophene rings is 1. The van der Waals surface area contributed by atoms with Crippen molar-refractivity contribution in [3.05, 3.63) is 92.7 Å². The maximum Gasteiger partial charge on any atom is 0.261 e. The smallest absolute Gasteiger partial charge is 0.261 e. The summed E-state index contributed by atoms with van der Waals surface area (Å²) in [4.78, 5) is 54.8. The Hall–Kier alpha value is -3.78. The third-order valence-corrected chi connectivity index (χ3v) is 7.22. The molecule has 8 heteroatoms. The molecule has 0 spiro atoms. The zero-order valence-corrected chi connectivity index (χ0v) is 19.3. The molecule has 1 N–H and O–H groups in total. The summed E-state index contributed by atoms with van der Waals surface area (Å²) in [5.41, 5.74) is 3.11. The molecular weight excluding hydrogens is 450 g/mol. The topological polar surface area (TPSA) is 86.8 Å². The van der Waals surface area contributed by atoms with Gasteiger partial charge in [-0.3, -0.25) is 24.1 Å². The van der Waals surface area contributed by atoms with Crippen LogP contribution in [0, 0.1) is 0 Å². The van der Waals surface area contributed by atoms with Gasteiger partial charge in [0.1, 0.15) is 0 Å². The quantitative estimate of drug-likeness (QED) is 0.557. The molecule has 7 nitrogen and oxygen atoms in total. The SMILES string of the molecule is O=C(NCCC(=O)N1CCc2sccc2C1)c1cccc(CN2C(=O)c3ccccc3C2=O)c1. The van der Waals surface area contributed by atoms with Gasteiger partial charge in [0, 0.05) is 36.5 Å². The Morgan fingerprint density at radius 3 is 2.50 bits per heavy atom. The van der Waals surface area contributed by atoms with Crippen LogP contribution in [0.5, 0.6) is 0 Å². The van der Waals surface area contributed by atoms with E-state index >= 15 is 0 Å². The molecule has 0 bridgehead atoms. The number of hydrogen-bond donors (Lipinski definition) is 1. The highest BCUT2D eigenvalue weighted by Gasteiger charge is 2.35. The fraction of sp³-hybridized carbons (Fsp3) is 0.231. The lowest BCUT2D eigenvalue weighted by molar-refractivity contribution is -0.131. The van der Waals surface area contributed by atoms with Crippen LogP contribution in [0.2, 0.25) is 0 Å². The maximum atomic E-state index is 12.6. The Bertz CT molecular complexity index is 1260. The summed E-state index contributed by atoms with van der Waals surface area (Å²) in [6.45, 7) is 1.67. The lowest BCUT2D eigenvalue weighted by Gasteiger charge is -2.27. The van der Waals surface area contributed by atoms with E-state index in [1.807, 2.05) is 4.90 Å². The van der Waals surface area contributed by atoms with Crippen LogP contribution < -0.4 is 5.32 Å². The van der Waals surface area contributed by atoms with Crippen molar-refractivity contribution < 1.29 is 19.2 Å². The summed E-state index contributed by atoms with van der Waals surface area (Å²) in [7, 11) is 0.